The van der Waals surface area contributed by atoms with Crippen molar-refractivity contribution < 1.29 is 4.79 Å². The Morgan fingerprint density at radius 1 is 1.14 bits per heavy atom. The second-order valence-electron chi connectivity index (χ2n) is 5.56. The molecule has 0 radical (unpaired) electrons. The zero-order valence-corrected chi connectivity index (χ0v) is 12.7. The maximum Gasteiger partial charge on any atom is 0.246 e. The van der Waals surface area contributed by atoms with E-state index in [1.807, 2.05) is 35.2 Å². The Balaban J connectivity index is 1.50. The highest BCUT2D eigenvalue weighted by molar-refractivity contribution is 6.30. The first-order valence-electron chi connectivity index (χ1n) is 7.40. The molecule has 2 heterocycles. The molecule has 0 spiro atoms. The van der Waals surface area contributed by atoms with Gasteiger partial charge < -0.3 is 10.2 Å². The van der Waals surface area contributed by atoms with E-state index in [2.05, 4.69) is 10.2 Å². The largest absolute Gasteiger partial charge is 0.337 e. The highest BCUT2D eigenvalue weighted by Gasteiger charge is 2.28. The Kier molecular flexibility index (Phi) is 4.58. The van der Waals surface area contributed by atoms with Crippen LogP contribution in [0.4, 0.5) is 0 Å². The first-order valence-corrected chi connectivity index (χ1v) is 7.77. The third kappa shape index (κ3) is 3.64. The van der Waals surface area contributed by atoms with Crippen LogP contribution in [0.25, 0.3) is 6.08 Å². The molecule has 3 rings (SSSR count). The number of nitrogens with one attached hydrogen (secondary N) is 1. The van der Waals surface area contributed by atoms with Gasteiger partial charge in [0.25, 0.3) is 0 Å². The van der Waals surface area contributed by atoms with Gasteiger partial charge in [0.05, 0.1) is 0 Å². The Bertz CT molecular complexity index is 517. The van der Waals surface area contributed by atoms with Crippen LogP contribution in [0.1, 0.15) is 5.56 Å². The van der Waals surface area contributed by atoms with Crippen molar-refractivity contribution in [1.82, 2.24) is 15.1 Å². The average molecular weight is 306 g/mol. The van der Waals surface area contributed by atoms with Crippen LogP contribution in [-0.4, -0.2) is 61.0 Å². The van der Waals surface area contributed by atoms with Crippen LogP contribution in [-0.2, 0) is 4.79 Å². The maximum atomic E-state index is 12.2. The predicted molar refractivity (Wildman–Crippen MR) is 85.3 cm³/mol. The molecule has 0 bridgehead atoms. The Morgan fingerprint density at radius 2 is 1.81 bits per heavy atom. The summed E-state index contributed by atoms with van der Waals surface area (Å²) in [5.74, 6) is 0.0938. The van der Waals surface area contributed by atoms with Gasteiger partial charge >= 0.3 is 0 Å². The van der Waals surface area contributed by atoms with Gasteiger partial charge in [-0.05, 0) is 23.8 Å². The predicted octanol–water partition coefficient (Wildman–Crippen LogP) is 1.47. The Labute approximate surface area is 130 Å². The fraction of sp³-hybridized carbons (Fsp3) is 0.438. The third-order valence-electron chi connectivity index (χ3n) is 4.19. The lowest BCUT2D eigenvalue weighted by molar-refractivity contribution is -0.128. The normalized spacial score (nSPS) is 20.7. The molecule has 0 aliphatic carbocycles. The molecule has 0 unspecified atom stereocenters. The third-order valence-corrected chi connectivity index (χ3v) is 4.44. The quantitative estimate of drug-likeness (QED) is 0.859. The molecule has 0 aromatic heterocycles. The second-order valence-corrected chi connectivity index (χ2v) is 5.99. The van der Waals surface area contributed by atoms with Crippen LogP contribution in [0, 0.1) is 0 Å². The van der Waals surface area contributed by atoms with Crippen LogP contribution >= 0.6 is 11.6 Å². The van der Waals surface area contributed by atoms with E-state index in [1.54, 1.807) is 6.08 Å². The maximum absolute atomic E-state index is 12.2. The summed E-state index contributed by atoms with van der Waals surface area (Å²) >= 11 is 5.84. The number of carbonyl (C=O) groups excluding carboxylic acids is 1. The summed E-state index contributed by atoms with van der Waals surface area (Å²) in [5, 5.41) is 4.00. The smallest absolute Gasteiger partial charge is 0.246 e. The first kappa shape index (κ1) is 14.6. The summed E-state index contributed by atoms with van der Waals surface area (Å²) in [6.07, 6.45) is 3.50. The molecule has 21 heavy (non-hydrogen) atoms. The molecule has 2 aliphatic rings. The number of hydrogen-bond acceptors (Lipinski definition) is 3. The number of rotatable bonds is 3. The standard InChI is InChI=1S/C16H20ClN3O/c17-14-4-1-13(2-5-14)3-6-16(21)20-9-7-19(8-10-20)15-11-18-12-15/h1-6,15,18H,7-12H2/b6-3+. The zero-order valence-electron chi connectivity index (χ0n) is 12.0. The van der Waals surface area contributed by atoms with E-state index in [1.165, 1.54) is 0 Å². The molecule has 4 nitrogen and oxygen atoms in total. The number of piperazine rings is 1. The van der Waals surface area contributed by atoms with E-state index in [0.717, 1.165) is 44.8 Å². The van der Waals surface area contributed by atoms with E-state index in [0.29, 0.717) is 11.1 Å². The van der Waals surface area contributed by atoms with Gasteiger partial charge in [0.2, 0.25) is 5.91 Å². The van der Waals surface area contributed by atoms with Crippen molar-refractivity contribution in [3.63, 3.8) is 0 Å². The minimum Gasteiger partial charge on any atom is -0.337 e. The zero-order chi connectivity index (χ0) is 14.7. The second kappa shape index (κ2) is 6.60. The number of nitrogens with zero attached hydrogens (tertiary/aromatic N) is 2. The Morgan fingerprint density at radius 3 is 2.38 bits per heavy atom. The molecule has 1 amide bonds. The number of hydrogen-bond donors (Lipinski definition) is 1. The van der Waals surface area contributed by atoms with Crippen molar-refractivity contribution in [3.8, 4) is 0 Å². The minimum absolute atomic E-state index is 0.0938. The van der Waals surface area contributed by atoms with Crippen molar-refractivity contribution in [2.24, 2.45) is 0 Å². The summed E-state index contributed by atoms with van der Waals surface area (Å²) in [6.45, 7) is 5.77. The molecule has 0 saturated carbocycles. The summed E-state index contributed by atoms with van der Waals surface area (Å²) in [5.41, 5.74) is 0.993. The monoisotopic (exact) mass is 305 g/mol. The fourth-order valence-corrected chi connectivity index (χ4v) is 2.81. The molecular formula is C16H20ClN3O. The van der Waals surface area contributed by atoms with E-state index >= 15 is 0 Å². The van der Waals surface area contributed by atoms with E-state index in [-0.39, 0.29) is 5.91 Å². The minimum atomic E-state index is 0.0938. The van der Waals surface area contributed by atoms with Crippen molar-refractivity contribution in [2.45, 2.75) is 6.04 Å². The SMILES string of the molecule is O=C(/C=C/c1ccc(Cl)cc1)N1CCN(C2CNC2)CC1. The Hall–Kier alpha value is -1.36. The highest BCUT2D eigenvalue weighted by atomic mass is 35.5. The fourth-order valence-electron chi connectivity index (χ4n) is 2.69. The molecule has 112 valence electrons. The summed E-state index contributed by atoms with van der Waals surface area (Å²) in [4.78, 5) is 16.6. The lowest BCUT2D eigenvalue weighted by atomic mass is 10.1. The van der Waals surface area contributed by atoms with Crippen molar-refractivity contribution in [2.75, 3.05) is 39.3 Å². The summed E-state index contributed by atoms with van der Waals surface area (Å²) in [7, 11) is 0. The molecular weight excluding hydrogens is 286 g/mol. The first-order chi connectivity index (χ1) is 10.2. The van der Waals surface area contributed by atoms with Gasteiger partial charge in [-0.2, -0.15) is 0 Å². The number of amides is 1. The molecule has 2 saturated heterocycles. The van der Waals surface area contributed by atoms with Crippen LogP contribution in [0.2, 0.25) is 5.02 Å². The molecule has 0 atom stereocenters. The van der Waals surface area contributed by atoms with E-state index < -0.39 is 0 Å². The number of halogens is 1. The van der Waals surface area contributed by atoms with Gasteiger partial charge in [-0.15, -0.1) is 0 Å². The highest BCUT2D eigenvalue weighted by Crippen LogP contribution is 2.12. The van der Waals surface area contributed by atoms with Gasteiger partial charge in [-0.25, -0.2) is 0 Å². The van der Waals surface area contributed by atoms with Crippen molar-refractivity contribution in [3.05, 3.63) is 40.9 Å². The van der Waals surface area contributed by atoms with Crippen LogP contribution in [0.5, 0.6) is 0 Å². The topological polar surface area (TPSA) is 35.6 Å². The lowest BCUT2D eigenvalue weighted by Gasteiger charge is -2.43. The van der Waals surface area contributed by atoms with Crippen LogP contribution in [0.3, 0.4) is 0 Å². The van der Waals surface area contributed by atoms with Crippen LogP contribution < -0.4 is 5.32 Å². The number of carbonyl (C=O) groups is 1. The van der Waals surface area contributed by atoms with Crippen molar-refractivity contribution in [1.29, 1.82) is 0 Å². The molecule has 5 heteroatoms. The average Bonchev–Trinajstić information content (AvgIpc) is 2.45. The molecule has 2 fully saturated rings. The van der Waals surface area contributed by atoms with E-state index in [9.17, 15) is 4.79 Å². The van der Waals surface area contributed by atoms with Crippen molar-refractivity contribution >= 4 is 23.6 Å². The van der Waals surface area contributed by atoms with Gasteiger partial charge in [-0.3, -0.25) is 9.69 Å². The van der Waals surface area contributed by atoms with Gasteiger partial charge in [0, 0.05) is 56.4 Å². The summed E-state index contributed by atoms with van der Waals surface area (Å²) in [6, 6.07) is 8.15. The molecule has 2 aliphatic heterocycles. The van der Waals surface area contributed by atoms with Gasteiger partial charge in [-0.1, -0.05) is 23.7 Å². The van der Waals surface area contributed by atoms with Crippen LogP contribution in [0.15, 0.2) is 30.3 Å². The molecule has 1 aromatic rings. The van der Waals surface area contributed by atoms with Gasteiger partial charge in [0.1, 0.15) is 0 Å². The summed E-state index contributed by atoms with van der Waals surface area (Å²) < 4.78 is 0. The molecule has 1 N–H and O–H groups in total. The lowest BCUT2D eigenvalue weighted by Crippen LogP contribution is -2.61. The molecule has 1 aromatic carbocycles. The van der Waals surface area contributed by atoms with E-state index in [4.69, 9.17) is 11.6 Å². The number of benzene rings is 1. The van der Waals surface area contributed by atoms with Gasteiger partial charge in [0.15, 0.2) is 0 Å².